The monoisotopic (exact) mass is 502 g/mol. The van der Waals surface area contributed by atoms with Crippen LogP contribution in [0.15, 0.2) is 43.1 Å². The second kappa shape index (κ2) is 8.77. The molecule has 0 radical (unpaired) electrons. The summed E-state index contributed by atoms with van der Waals surface area (Å²) < 4.78 is 29.1. The third kappa shape index (κ3) is 4.18. The number of fused-ring (bicyclic) bond motifs is 1. The Bertz CT molecular complexity index is 1580. The molecule has 1 saturated heterocycles. The molecule has 1 atom stereocenters. The number of hydrogen-bond donors (Lipinski definition) is 2. The van der Waals surface area contributed by atoms with Gasteiger partial charge in [-0.3, -0.25) is 9.59 Å². The van der Waals surface area contributed by atoms with E-state index in [0.29, 0.717) is 30.1 Å². The predicted molar refractivity (Wildman–Crippen MR) is 126 cm³/mol. The van der Waals surface area contributed by atoms with Gasteiger partial charge in [0, 0.05) is 31.5 Å². The van der Waals surface area contributed by atoms with Crippen molar-refractivity contribution in [1.82, 2.24) is 34.7 Å². The molecule has 1 unspecified atom stereocenters. The van der Waals surface area contributed by atoms with E-state index in [-0.39, 0.29) is 34.5 Å². The number of benzene rings is 1. The van der Waals surface area contributed by atoms with E-state index in [4.69, 9.17) is 5.26 Å². The number of rotatable bonds is 6. The number of likely N-dealkylation sites (tertiary alicyclic amines) is 1. The second-order valence-electron chi connectivity index (χ2n) is 9.27. The molecule has 1 aromatic carbocycles. The van der Waals surface area contributed by atoms with Gasteiger partial charge in [0.05, 0.1) is 29.4 Å². The first-order valence-electron chi connectivity index (χ1n) is 11.7. The number of aromatic nitrogens is 5. The van der Waals surface area contributed by atoms with Gasteiger partial charge in [0.1, 0.15) is 40.9 Å². The fraction of sp³-hybridized carbons (Fsp3) is 0.280. The van der Waals surface area contributed by atoms with Crippen LogP contribution in [0.5, 0.6) is 0 Å². The number of H-pyrrole nitrogens is 1. The minimum absolute atomic E-state index is 0.00595. The molecule has 2 N–H and O–H groups in total. The van der Waals surface area contributed by atoms with E-state index < -0.39 is 23.6 Å². The molecule has 0 spiro atoms. The van der Waals surface area contributed by atoms with Crippen LogP contribution in [0.2, 0.25) is 0 Å². The highest BCUT2D eigenvalue weighted by molar-refractivity contribution is 6.06. The molecule has 4 heterocycles. The van der Waals surface area contributed by atoms with Crippen LogP contribution in [0.3, 0.4) is 0 Å². The molecule has 4 aromatic rings. The predicted octanol–water partition coefficient (Wildman–Crippen LogP) is 2.58. The minimum atomic E-state index is -0.662. The molecule has 3 aromatic heterocycles. The van der Waals surface area contributed by atoms with Crippen molar-refractivity contribution in [2.24, 2.45) is 11.8 Å². The van der Waals surface area contributed by atoms with Crippen LogP contribution in [0.25, 0.3) is 28.2 Å². The lowest BCUT2D eigenvalue weighted by molar-refractivity contribution is -0.138. The molecule has 2 amide bonds. The van der Waals surface area contributed by atoms with Gasteiger partial charge in [-0.25, -0.2) is 23.7 Å². The molecular weight excluding hydrogens is 482 g/mol. The zero-order valence-electron chi connectivity index (χ0n) is 19.4. The quantitative estimate of drug-likeness (QED) is 0.417. The second-order valence-corrected chi connectivity index (χ2v) is 9.27. The molecule has 186 valence electrons. The third-order valence-corrected chi connectivity index (χ3v) is 6.68. The Kier molecular flexibility index (Phi) is 5.40. The fourth-order valence-electron chi connectivity index (χ4n) is 4.43. The summed E-state index contributed by atoms with van der Waals surface area (Å²) in [6.45, 7) is 0.755. The van der Waals surface area contributed by atoms with Crippen LogP contribution in [0.1, 0.15) is 23.2 Å². The topological polar surface area (TPSA) is 133 Å². The Labute approximate surface area is 209 Å². The Hall–Kier alpha value is -4.66. The van der Waals surface area contributed by atoms with Crippen molar-refractivity contribution in [3.8, 4) is 23.1 Å². The summed E-state index contributed by atoms with van der Waals surface area (Å²) in [5.74, 6) is -1.94. The highest BCUT2D eigenvalue weighted by Gasteiger charge is 2.43. The summed E-state index contributed by atoms with van der Waals surface area (Å²) in [7, 11) is 0. The molecule has 1 aliphatic heterocycles. The summed E-state index contributed by atoms with van der Waals surface area (Å²) in [5.41, 5.74) is 1.55. The Morgan fingerprint density at radius 1 is 1.19 bits per heavy atom. The number of amides is 2. The zero-order chi connectivity index (χ0) is 25.7. The SMILES string of the molecule is N#CC1CN(C(=O)C(NC(=O)c2c[nH]c3ncc(-c4cn(-c5cc(F)ccc5F)cn4)nc23)C2CC2)C1. The standard InChI is InChI=1S/C25H20F2N8O2/c26-15-3-4-17(27)20(5-15)35-11-19(31-12-35)18-8-30-23-22(32-18)16(7-29-23)24(36)33-21(14-1-2-14)25(37)34-9-13(6-28)10-34/h3-5,7-8,11-14,21H,1-2,9-10H2,(H,29,30)(H,33,36). The normalized spacial score (nSPS) is 16.3. The van der Waals surface area contributed by atoms with Crippen molar-refractivity contribution < 1.29 is 18.4 Å². The van der Waals surface area contributed by atoms with E-state index >= 15 is 0 Å². The summed E-state index contributed by atoms with van der Waals surface area (Å²) >= 11 is 0. The molecule has 37 heavy (non-hydrogen) atoms. The molecule has 0 bridgehead atoms. The van der Waals surface area contributed by atoms with E-state index in [0.717, 1.165) is 31.0 Å². The number of nitrogens with zero attached hydrogens (tertiary/aromatic N) is 6. The fourth-order valence-corrected chi connectivity index (χ4v) is 4.43. The van der Waals surface area contributed by atoms with Gasteiger partial charge in [0.25, 0.3) is 5.91 Å². The van der Waals surface area contributed by atoms with E-state index in [2.05, 4.69) is 31.3 Å². The lowest BCUT2D eigenvalue weighted by atomic mass is 9.99. The third-order valence-electron chi connectivity index (χ3n) is 6.68. The Morgan fingerprint density at radius 3 is 2.76 bits per heavy atom. The average molecular weight is 502 g/mol. The highest BCUT2D eigenvalue weighted by Crippen LogP contribution is 2.35. The first kappa shape index (κ1) is 22.8. The van der Waals surface area contributed by atoms with E-state index in [1.165, 1.54) is 29.5 Å². The average Bonchev–Trinajstić information content (AvgIpc) is 3.42. The number of hydrogen-bond acceptors (Lipinski definition) is 6. The van der Waals surface area contributed by atoms with Gasteiger partial charge in [-0.05, 0) is 30.9 Å². The van der Waals surface area contributed by atoms with Gasteiger partial charge >= 0.3 is 0 Å². The van der Waals surface area contributed by atoms with E-state index in [1.54, 1.807) is 4.90 Å². The first-order chi connectivity index (χ1) is 17.9. The molecule has 1 saturated carbocycles. The van der Waals surface area contributed by atoms with E-state index in [1.807, 2.05) is 0 Å². The van der Waals surface area contributed by atoms with Gasteiger partial charge in [0.15, 0.2) is 5.65 Å². The molecular formula is C25H20F2N8O2. The van der Waals surface area contributed by atoms with Crippen molar-refractivity contribution in [3.63, 3.8) is 0 Å². The van der Waals surface area contributed by atoms with Crippen LogP contribution >= 0.6 is 0 Å². The van der Waals surface area contributed by atoms with Gasteiger partial charge < -0.3 is 19.8 Å². The van der Waals surface area contributed by atoms with Crippen LogP contribution in [0, 0.1) is 34.8 Å². The Morgan fingerprint density at radius 2 is 2.00 bits per heavy atom. The van der Waals surface area contributed by atoms with Crippen LogP contribution in [0.4, 0.5) is 8.78 Å². The molecule has 12 heteroatoms. The van der Waals surface area contributed by atoms with Gasteiger partial charge in [-0.1, -0.05) is 0 Å². The number of carbonyl (C=O) groups is 2. The van der Waals surface area contributed by atoms with Crippen molar-refractivity contribution in [2.45, 2.75) is 18.9 Å². The minimum Gasteiger partial charge on any atom is -0.344 e. The molecule has 2 fully saturated rings. The number of nitriles is 1. The maximum atomic E-state index is 14.2. The largest absolute Gasteiger partial charge is 0.344 e. The van der Waals surface area contributed by atoms with Crippen LogP contribution in [-0.2, 0) is 4.79 Å². The van der Waals surface area contributed by atoms with Gasteiger partial charge in [-0.15, -0.1) is 0 Å². The lowest BCUT2D eigenvalue weighted by Crippen LogP contribution is -2.57. The first-order valence-corrected chi connectivity index (χ1v) is 11.7. The number of aromatic amines is 1. The van der Waals surface area contributed by atoms with Gasteiger partial charge in [0.2, 0.25) is 5.91 Å². The Balaban J connectivity index is 1.25. The lowest BCUT2D eigenvalue weighted by Gasteiger charge is -2.37. The number of nitrogens with one attached hydrogen (secondary N) is 2. The van der Waals surface area contributed by atoms with Crippen LogP contribution < -0.4 is 5.32 Å². The number of imidazole rings is 1. The maximum absolute atomic E-state index is 14.2. The summed E-state index contributed by atoms with van der Waals surface area (Å²) in [6, 6.07) is 4.60. The highest BCUT2D eigenvalue weighted by atomic mass is 19.1. The summed E-state index contributed by atoms with van der Waals surface area (Å²) in [6.07, 6.45) is 7.46. The smallest absolute Gasteiger partial charge is 0.255 e. The molecule has 10 nitrogen and oxygen atoms in total. The van der Waals surface area contributed by atoms with Crippen LogP contribution in [-0.4, -0.2) is 60.3 Å². The number of halogens is 2. The van der Waals surface area contributed by atoms with E-state index in [9.17, 15) is 18.4 Å². The summed E-state index contributed by atoms with van der Waals surface area (Å²) in [5, 5.41) is 11.8. The maximum Gasteiger partial charge on any atom is 0.255 e. The molecule has 6 rings (SSSR count). The van der Waals surface area contributed by atoms with Crippen molar-refractivity contribution in [3.05, 3.63) is 60.3 Å². The zero-order valence-corrected chi connectivity index (χ0v) is 19.4. The van der Waals surface area contributed by atoms with Gasteiger partial charge in [-0.2, -0.15) is 5.26 Å². The summed E-state index contributed by atoms with van der Waals surface area (Å²) in [4.78, 5) is 43.8. The number of carbonyl (C=O) groups excluding carboxylic acids is 2. The van der Waals surface area contributed by atoms with Crippen molar-refractivity contribution >= 4 is 23.0 Å². The van der Waals surface area contributed by atoms with Crippen molar-refractivity contribution in [2.75, 3.05) is 13.1 Å². The molecule has 1 aliphatic carbocycles. The van der Waals surface area contributed by atoms with Crippen molar-refractivity contribution in [1.29, 1.82) is 5.26 Å². The molecule has 2 aliphatic rings.